The Morgan fingerprint density at radius 3 is 2.55 bits per heavy atom. The van der Waals surface area contributed by atoms with Crippen LogP contribution in [0.15, 0.2) is 11.4 Å². The van der Waals surface area contributed by atoms with Crippen LogP contribution in [0.3, 0.4) is 0 Å². The predicted octanol–water partition coefficient (Wildman–Crippen LogP) is 2.21. The minimum absolute atomic E-state index is 0.180. The summed E-state index contributed by atoms with van der Waals surface area (Å²) in [5.74, 6) is 0. The maximum absolute atomic E-state index is 6.04. The van der Waals surface area contributed by atoms with Crippen molar-refractivity contribution in [1.82, 2.24) is 0 Å². The van der Waals surface area contributed by atoms with Gasteiger partial charge in [0.05, 0.1) is 24.4 Å². The molecule has 2 fully saturated rings. The Hall–Kier alpha value is -0.555. The van der Waals surface area contributed by atoms with Crippen LogP contribution in [0, 0.1) is 0 Å². The number of ether oxygens (including phenoxy) is 2. The van der Waals surface area contributed by atoms with E-state index in [0.29, 0.717) is 6.61 Å². The van der Waals surface area contributed by atoms with E-state index in [0.717, 1.165) is 23.6 Å². The third-order valence-corrected chi connectivity index (χ3v) is 5.13. The molecule has 1 aromatic heterocycles. The molecule has 3 heterocycles. The SMILES string of the molecule is CC1(C)OB(c2csc(O[C@@H]3CCOC3)c2)OC1(C)C. The molecule has 0 aliphatic carbocycles. The van der Waals surface area contributed by atoms with Gasteiger partial charge in [-0.1, -0.05) is 0 Å². The second-order valence-electron chi connectivity index (χ2n) is 6.39. The van der Waals surface area contributed by atoms with Gasteiger partial charge in [-0.2, -0.15) is 0 Å². The molecular formula is C14H21BO4S. The van der Waals surface area contributed by atoms with Gasteiger partial charge in [-0.15, -0.1) is 11.3 Å². The number of hydrogen-bond acceptors (Lipinski definition) is 5. The molecule has 110 valence electrons. The Balaban J connectivity index is 1.68. The van der Waals surface area contributed by atoms with Crippen LogP contribution >= 0.6 is 11.3 Å². The summed E-state index contributed by atoms with van der Waals surface area (Å²) in [5.41, 5.74) is 0.419. The van der Waals surface area contributed by atoms with Crippen LogP contribution in [0.25, 0.3) is 0 Å². The normalized spacial score (nSPS) is 28.0. The molecule has 6 heteroatoms. The molecule has 0 aromatic carbocycles. The molecule has 2 saturated heterocycles. The summed E-state index contributed by atoms with van der Waals surface area (Å²) in [7, 11) is -0.312. The highest BCUT2D eigenvalue weighted by Gasteiger charge is 2.52. The van der Waals surface area contributed by atoms with Gasteiger partial charge in [0.15, 0.2) is 5.06 Å². The lowest BCUT2D eigenvalue weighted by atomic mass is 9.81. The zero-order chi connectivity index (χ0) is 14.4. The van der Waals surface area contributed by atoms with E-state index >= 15 is 0 Å². The quantitative estimate of drug-likeness (QED) is 0.801. The summed E-state index contributed by atoms with van der Waals surface area (Å²) in [5, 5.41) is 2.96. The molecule has 2 aliphatic rings. The molecule has 0 spiro atoms. The van der Waals surface area contributed by atoms with E-state index in [1.165, 1.54) is 0 Å². The molecule has 4 nitrogen and oxygen atoms in total. The van der Waals surface area contributed by atoms with E-state index in [9.17, 15) is 0 Å². The molecule has 0 amide bonds. The van der Waals surface area contributed by atoms with E-state index in [2.05, 4.69) is 27.7 Å². The summed E-state index contributed by atoms with van der Waals surface area (Å²) < 4.78 is 23.3. The van der Waals surface area contributed by atoms with Gasteiger partial charge in [0, 0.05) is 6.42 Å². The van der Waals surface area contributed by atoms with Crippen molar-refractivity contribution in [1.29, 1.82) is 0 Å². The average Bonchev–Trinajstić information content (AvgIpc) is 3.02. The smallest absolute Gasteiger partial charge is 0.478 e. The van der Waals surface area contributed by atoms with Gasteiger partial charge < -0.3 is 18.8 Å². The molecular weight excluding hydrogens is 275 g/mol. The Morgan fingerprint density at radius 1 is 1.25 bits per heavy atom. The van der Waals surface area contributed by atoms with Crippen LogP contribution in [-0.2, 0) is 14.0 Å². The minimum atomic E-state index is -0.312. The fraction of sp³-hybridized carbons (Fsp3) is 0.714. The van der Waals surface area contributed by atoms with Crippen molar-refractivity contribution in [2.75, 3.05) is 13.2 Å². The summed E-state index contributed by atoms with van der Waals surface area (Å²) in [6.07, 6.45) is 1.14. The Kier molecular flexibility index (Phi) is 3.61. The Bertz CT molecular complexity index is 463. The lowest BCUT2D eigenvalue weighted by Gasteiger charge is -2.32. The first-order chi connectivity index (χ1) is 9.37. The van der Waals surface area contributed by atoms with Crippen molar-refractivity contribution in [3.05, 3.63) is 11.4 Å². The second-order valence-corrected chi connectivity index (χ2v) is 7.26. The lowest BCUT2D eigenvalue weighted by molar-refractivity contribution is 0.00578. The van der Waals surface area contributed by atoms with Crippen molar-refractivity contribution >= 4 is 23.9 Å². The van der Waals surface area contributed by atoms with Gasteiger partial charge in [-0.3, -0.25) is 0 Å². The molecule has 20 heavy (non-hydrogen) atoms. The summed E-state index contributed by atoms with van der Waals surface area (Å²) >= 11 is 1.59. The van der Waals surface area contributed by atoms with Gasteiger partial charge in [0.1, 0.15) is 6.10 Å². The highest BCUT2D eigenvalue weighted by molar-refractivity contribution is 7.13. The van der Waals surface area contributed by atoms with Crippen LogP contribution in [0.5, 0.6) is 5.06 Å². The van der Waals surface area contributed by atoms with E-state index < -0.39 is 0 Å². The van der Waals surface area contributed by atoms with Crippen molar-refractivity contribution < 1.29 is 18.8 Å². The van der Waals surface area contributed by atoms with Gasteiger partial charge in [0.25, 0.3) is 0 Å². The number of thiophene rings is 1. The summed E-state index contributed by atoms with van der Waals surface area (Å²) in [4.78, 5) is 0. The third-order valence-electron chi connectivity index (χ3n) is 4.29. The van der Waals surface area contributed by atoms with E-state index in [1.54, 1.807) is 11.3 Å². The number of rotatable bonds is 3. The van der Waals surface area contributed by atoms with Crippen LogP contribution in [-0.4, -0.2) is 37.6 Å². The highest BCUT2D eigenvalue weighted by Crippen LogP contribution is 2.37. The van der Waals surface area contributed by atoms with Gasteiger partial charge in [-0.05, 0) is 44.6 Å². The lowest BCUT2D eigenvalue weighted by Crippen LogP contribution is -2.41. The van der Waals surface area contributed by atoms with Crippen LogP contribution in [0.1, 0.15) is 34.1 Å². The fourth-order valence-electron chi connectivity index (χ4n) is 2.26. The van der Waals surface area contributed by atoms with Crippen LogP contribution < -0.4 is 10.2 Å². The topological polar surface area (TPSA) is 36.9 Å². The third kappa shape index (κ3) is 2.62. The first-order valence-corrected chi connectivity index (χ1v) is 7.94. The Morgan fingerprint density at radius 2 is 1.95 bits per heavy atom. The molecule has 0 bridgehead atoms. The molecule has 0 unspecified atom stereocenters. The van der Waals surface area contributed by atoms with E-state index in [-0.39, 0.29) is 24.4 Å². The van der Waals surface area contributed by atoms with Crippen molar-refractivity contribution in [2.24, 2.45) is 0 Å². The first-order valence-electron chi connectivity index (χ1n) is 7.06. The molecule has 2 aliphatic heterocycles. The molecule has 3 rings (SSSR count). The van der Waals surface area contributed by atoms with Gasteiger partial charge in [0.2, 0.25) is 0 Å². The largest absolute Gasteiger partial charge is 0.495 e. The zero-order valence-corrected chi connectivity index (χ0v) is 13.3. The molecule has 1 atom stereocenters. The first kappa shape index (κ1) is 14.4. The molecule has 1 aromatic rings. The predicted molar refractivity (Wildman–Crippen MR) is 79.9 cm³/mol. The Labute approximate surface area is 124 Å². The summed E-state index contributed by atoms with van der Waals surface area (Å²) in [6.45, 7) is 9.72. The van der Waals surface area contributed by atoms with E-state index in [4.69, 9.17) is 18.8 Å². The minimum Gasteiger partial charge on any atom is -0.478 e. The second kappa shape index (κ2) is 5.02. The molecule has 0 N–H and O–H groups in total. The van der Waals surface area contributed by atoms with E-state index in [1.807, 2.05) is 11.4 Å². The molecule has 0 saturated carbocycles. The van der Waals surface area contributed by atoms with Crippen LogP contribution in [0.2, 0.25) is 0 Å². The maximum Gasteiger partial charge on any atom is 0.495 e. The van der Waals surface area contributed by atoms with Crippen molar-refractivity contribution in [2.45, 2.75) is 51.4 Å². The average molecular weight is 296 g/mol. The maximum atomic E-state index is 6.04. The zero-order valence-electron chi connectivity index (χ0n) is 12.5. The molecule has 0 radical (unpaired) electrons. The van der Waals surface area contributed by atoms with Crippen molar-refractivity contribution in [3.8, 4) is 5.06 Å². The van der Waals surface area contributed by atoms with Gasteiger partial charge >= 0.3 is 7.12 Å². The van der Waals surface area contributed by atoms with Crippen molar-refractivity contribution in [3.63, 3.8) is 0 Å². The fourth-order valence-corrected chi connectivity index (χ4v) is 3.09. The monoisotopic (exact) mass is 296 g/mol. The standard InChI is InChI=1S/C14H21BO4S/c1-13(2)14(3,4)19-15(18-13)10-7-12(20-9-10)17-11-5-6-16-8-11/h7,9,11H,5-6,8H2,1-4H3/t11-/m1/s1. The van der Waals surface area contributed by atoms with Crippen LogP contribution in [0.4, 0.5) is 0 Å². The highest BCUT2D eigenvalue weighted by atomic mass is 32.1. The number of hydrogen-bond donors (Lipinski definition) is 0. The summed E-state index contributed by atoms with van der Waals surface area (Å²) in [6, 6.07) is 2.02. The van der Waals surface area contributed by atoms with Gasteiger partial charge in [-0.25, -0.2) is 0 Å².